The lowest BCUT2D eigenvalue weighted by Gasteiger charge is -2.15. The predicted molar refractivity (Wildman–Crippen MR) is 88.1 cm³/mol. The standard InChI is InChI=1S/C15H13IN2O3/c1-10(13-4-2-3-5-14(13)16)17-15(19)11-6-8-12(9-7-11)18(20)21/h2-10H,1H3,(H,17,19). The molecule has 21 heavy (non-hydrogen) atoms. The molecule has 5 nitrogen and oxygen atoms in total. The molecule has 2 rings (SSSR count). The maximum absolute atomic E-state index is 12.1. The third kappa shape index (κ3) is 3.78. The van der Waals surface area contributed by atoms with E-state index in [0.717, 1.165) is 9.13 Å². The number of carbonyl (C=O) groups excluding carboxylic acids is 1. The molecule has 108 valence electrons. The number of hydrogen-bond donors (Lipinski definition) is 1. The monoisotopic (exact) mass is 396 g/mol. The maximum atomic E-state index is 12.1. The second-order valence-electron chi connectivity index (χ2n) is 4.52. The number of nitro benzene ring substituents is 1. The summed E-state index contributed by atoms with van der Waals surface area (Å²) in [5, 5.41) is 13.5. The van der Waals surface area contributed by atoms with Gasteiger partial charge in [-0.3, -0.25) is 14.9 Å². The molecule has 0 heterocycles. The Kier molecular flexibility index (Phi) is 4.89. The van der Waals surface area contributed by atoms with Crippen molar-refractivity contribution in [2.75, 3.05) is 0 Å². The van der Waals surface area contributed by atoms with Crippen molar-refractivity contribution in [3.05, 3.63) is 73.3 Å². The quantitative estimate of drug-likeness (QED) is 0.487. The molecule has 0 aliphatic heterocycles. The third-order valence-corrected chi connectivity index (χ3v) is 4.04. The Morgan fingerprint density at radius 2 is 1.81 bits per heavy atom. The molecule has 2 aromatic carbocycles. The van der Waals surface area contributed by atoms with E-state index in [2.05, 4.69) is 27.9 Å². The largest absolute Gasteiger partial charge is 0.345 e. The van der Waals surface area contributed by atoms with Crippen LogP contribution in [0.25, 0.3) is 0 Å². The van der Waals surface area contributed by atoms with Crippen molar-refractivity contribution in [3.8, 4) is 0 Å². The summed E-state index contributed by atoms with van der Waals surface area (Å²) < 4.78 is 1.08. The zero-order valence-corrected chi connectivity index (χ0v) is 13.4. The fraction of sp³-hybridized carbons (Fsp3) is 0.133. The fourth-order valence-electron chi connectivity index (χ4n) is 1.92. The Morgan fingerprint density at radius 3 is 2.38 bits per heavy atom. The van der Waals surface area contributed by atoms with Crippen LogP contribution in [0.3, 0.4) is 0 Å². The molecule has 1 atom stereocenters. The molecule has 0 spiro atoms. The molecule has 0 saturated carbocycles. The first-order valence-corrected chi connectivity index (χ1v) is 7.36. The molecule has 1 N–H and O–H groups in total. The van der Waals surface area contributed by atoms with E-state index >= 15 is 0 Å². The highest BCUT2D eigenvalue weighted by Crippen LogP contribution is 2.20. The molecule has 0 aromatic heterocycles. The smallest absolute Gasteiger partial charge is 0.269 e. The number of nitrogens with zero attached hydrogens (tertiary/aromatic N) is 1. The van der Waals surface area contributed by atoms with Gasteiger partial charge in [-0.1, -0.05) is 18.2 Å². The van der Waals surface area contributed by atoms with E-state index < -0.39 is 4.92 Å². The molecule has 1 unspecified atom stereocenters. The molecular weight excluding hydrogens is 383 g/mol. The molecule has 0 aliphatic carbocycles. The minimum atomic E-state index is -0.489. The van der Waals surface area contributed by atoms with Gasteiger partial charge in [0.25, 0.3) is 11.6 Å². The lowest BCUT2D eigenvalue weighted by molar-refractivity contribution is -0.384. The zero-order valence-electron chi connectivity index (χ0n) is 11.2. The van der Waals surface area contributed by atoms with E-state index in [9.17, 15) is 14.9 Å². The maximum Gasteiger partial charge on any atom is 0.269 e. The van der Waals surface area contributed by atoms with Gasteiger partial charge in [0, 0.05) is 21.3 Å². The van der Waals surface area contributed by atoms with Crippen LogP contribution in [-0.2, 0) is 0 Å². The lowest BCUT2D eigenvalue weighted by Crippen LogP contribution is -2.27. The highest BCUT2D eigenvalue weighted by molar-refractivity contribution is 14.1. The van der Waals surface area contributed by atoms with Gasteiger partial charge in [0.15, 0.2) is 0 Å². The second-order valence-corrected chi connectivity index (χ2v) is 5.68. The molecule has 0 saturated heterocycles. The SMILES string of the molecule is CC(NC(=O)c1ccc([N+](=O)[O-])cc1)c1ccccc1I. The Labute approximate surface area is 135 Å². The Balaban J connectivity index is 2.11. The van der Waals surface area contributed by atoms with Gasteiger partial charge in [-0.2, -0.15) is 0 Å². The van der Waals surface area contributed by atoms with Crippen molar-refractivity contribution in [2.24, 2.45) is 0 Å². The third-order valence-electron chi connectivity index (χ3n) is 3.06. The van der Waals surface area contributed by atoms with Gasteiger partial charge in [-0.15, -0.1) is 0 Å². The lowest BCUT2D eigenvalue weighted by atomic mass is 10.1. The number of amides is 1. The first kappa shape index (κ1) is 15.4. The fourth-order valence-corrected chi connectivity index (χ4v) is 2.77. The molecule has 0 radical (unpaired) electrons. The van der Waals surface area contributed by atoms with E-state index in [1.165, 1.54) is 24.3 Å². The summed E-state index contributed by atoms with van der Waals surface area (Å²) in [6.45, 7) is 1.90. The summed E-state index contributed by atoms with van der Waals surface area (Å²) >= 11 is 2.22. The number of halogens is 1. The normalized spacial score (nSPS) is 11.7. The van der Waals surface area contributed by atoms with E-state index in [1.807, 2.05) is 31.2 Å². The Morgan fingerprint density at radius 1 is 1.19 bits per heavy atom. The summed E-state index contributed by atoms with van der Waals surface area (Å²) in [6, 6.07) is 13.2. The minimum absolute atomic E-state index is 0.0304. The van der Waals surface area contributed by atoms with Crippen LogP contribution in [0.4, 0.5) is 5.69 Å². The van der Waals surface area contributed by atoms with Gasteiger partial charge in [0.2, 0.25) is 0 Å². The average Bonchev–Trinajstić information content (AvgIpc) is 2.47. The van der Waals surface area contributed by atoms with Gasteiger partial charge >= 0.3 is 0 Å². The summed E-state index contributed by atoms with van der Waals surface area (Å²) in [7, 11) is 0. The van der Waals surface area contributed by atoms with Crippen LogP contribution in [0.1, 0.15) is 28.9 Å². The Bertz CT molecular complexity index is 671. The van der Waals surface area contributed by atoms with Crippen LogP contribution in [0, 0.1) is 13.7 Å². The molecular formula is C15H13IN2O3. The van der Waals surface area contributed by atoms with Crippen LogP contribution >= 0.6 is 22.6 Å². The van der Waals surface area contributed by atoms with Crippen LogP contribution < -0.4 is 5.32 Å². The number of non-ortho nitro benzene ring substituents is 1. The molecule has 1 amide bonds. The van der Waals surface area contributed by atoms with Crippen molar-refractivity contribution in [2.45, 2.75) is 13.0 Å². The van der Waals surface area contributed by atoms with E-state index in [0.29, 0.717) is 5.56 Å². The second kappa shape index (κ2) is 6.66. The molecule has 6 heteroatoms. The zero-order chi connectivity index (χ0) is 15.4. The first-order valence-electron chi connectivity index (χ1n) is 6.29. The average molecular weight is 396 g/mol. The van der Waals surface area contributed by atoms with Crippen molar-refractivity contribution in [1.29, 1.82) is 0 Å². The highest BCUT2D eigenvalue weighted by atomic mass is 127. The van der Waals surface area contributed by atoms with Crippen LogP contribution in [0.15, 0.2) is 48.5 Å². The van der Waals surface area contributed by atoms with Gasteiger partial charge in [0.1, 0.15) is 0 Å². The van der Waals surface area contributed by atoms with Gasteiger partial charge in [-0.25, -0.2) is 0 Å². The minimum Gasteiger partial charge on any atom is -0.345 e. The summed E-state index contributed by atoms with van der Waals surface area (Å²) in [6.07, 6.45) is 0. The Hall–Kier alpha value is -1.96. The summed E-state index contributed by atoms with van der Waals surface area (Å²) in [5.74, 6) is -0.253. The predicted octanol–water partition coefficient (Wildman–Crippen LogP) is 3.69. The van der Waals surface area contributed by atoms with Crippen LogP contribution in [-0.4, -0.2) is 10.8 Å². The van der Waals surface area contributed by atoms with Gasteiger partial charge < -0.3 is 5.32 Å². The summed E-state index contributed by atoms with van der Waals surface area (Å²) in [5.41, 5.74) is 1.41. The molecule has 0 aliphatic rings. The first-order chi connectivity index (χ1) is 9.99. The van der Waals surface area contributed by atoms with Crippen molar-refractivity contribution < 1.29 is 9.72 Å². The number of carbonyl (C=O) groups is 1. The number of hydrogen-bond acceptors (Lipinski definition) is 3. The molecule has 2 aromatic rings. The number of nitro groups is 1. The molecule has 0 bridgehead atoms. The number of nitrogens with one attached hydrogen (secondary N) is 1. The van der Waals surface area contributed by atoms with Crippen molar-refractivity contribution in [1.82, 2.24) is 5.32 Å². The van der Waals surface area contributed by atoms with Gasteiger partial charge in [0.05, 0.1) is 11.0 Å². The molecule has 0 fully saturated rings. The number of rotatable bonds is 4. The summed E-state index contributed by atoms with van der Waals surface area (Å²) in [4.78, 5) is 22.2. The topological polar surface area (TPSA) is 72.2 Å². The van der Waals surface area contributed by atoms with Crippen molar-refractivity contribution >= 4 is 34.2 Å². The van der Waals surface area contributed by atoms with E-state index in [-0.39, 0.29) is 17.6 Å². The van der Waals surface area contributed by atoms with Gasteiger partial charge in [-0.05, 0) is 53.3 Å². The van der Waals surface area contributed by atoms with Crippen LogP contribution in [0.5, 0.6) is 0 Å². The van der Waals surface area contributed by atoms with E-state index in [1.54, 1.807) is 0 Å². The van der Waals surface area contributed by atoms with E-state index in [4.69, 9.17) is 0 Å². The van der Waals surface area contributed by atoms with Crippen LogP contribution in [0.2, 0.25) is 0 Å². The highest BCUT2D eigenvalue weighted by Gasteiger charge is 2.14. The van der Waals surface area contributed by atoms with Crippen molar-refractivity contribution in [3.63, 3.8) is 0 Å². The number of benzene rings is 2.